The number of hydrogen-bond acceptors (Lipinski definition) is 7. The Kier molecular flexibility index (Phi) is 5.32. The number of hydrogen-bond donors (Lipinski definition) is 1. The third-order valence-corrected chi connectivity index (χ3v) is 8.38. The first-order chi connectivity index (χ1) is 13.8. The minimum Gasteiger partial charge on any atom is -0.481 e. The van der Waals surface area contributed by atoms with E-state index < -0.39 is 26.5 Å². The predicted octanol–water partition coefficient (Wildman–Crippen LogP) is 1.17. The van der Waals surface area contributed by atoms with Gasteiger partial charge in [0, 0.05) is 37.9 Å². The maximum absolute atomic E-state index is 13.0. The quantitative estimate of drug-likeness (QED) is 0.699. The van der Waals surface area contributed by atoms with Gasteiger partial charge in [-0.3, -0.25) is 9.59 Å². The zero-order valence-corrected chi connectivity index (χ0v) is 17.0. The van der Waals surface area contributed by atoms with Gasteiger partial charge in [0.2, 0.25) is 15.0 Å². The normalized spacial score (nSPS) is 22.1. The smallest absolute Gasteiger partial charge is 0.305 e. The number of amides is 1. The SMILES string of the molecule is O=C(O)CCN1CC2(CCOCC2)c2nc(S(=O)(=O)C3CCCC3)ncc2C1=O. The number of aromatic nitrogens is 2. The van der Waals surface area contributed by atoms with E-state index in [0.29, 0.717) is 51.1 Å². The maximum atomic E-state index is 13.0. The average molecular weight is 423 g/mol. The minimum atomic E-state index is -3.64. The molecule has 0 aromatic carbocycles. The standard InChI is InChI=1S/C19H25N3O6S/c23-15(24)5-8-22-12-19(6-9-28-10-7-19)16-14(17(22)25)11-20-18(21-16)29(26,27)13-3-1-2-4-13/h11,13H,1-10,12H2,(H,23,24). The van der Waals surface area contributed by atoms with Gasteiger partial charge in [-0.1, -0.05) is 12.8 Å². The molecule has 0 atom stereocenters. The average Bonchev–Trinajstić information content (AvgIpc) is 3.26. The number of carboxylic acids is 1. The van der Waals surface area contributed by atoms with Crippen molar-refractivity contribution in [1.29, 1.82) is 0 Å². The largest absolute Gasteiger partial charge is 0.481 e. The second-order valence-corrected chi connectivity index (χ2v) is 10.3. The number of ether oxygens (including phenoxy) is 1. The van der Waals surface area contributed by atoms with Crippen LogP contribution >= 0.6 is 0 Å². The number of fused-ring (bicyclic) bond motifs is 2. The van der Waals surface area contributed by atoms with Crippen LogP contribution in [0, 0.1) is 0 Å². The molecule has 4 rings (SSSR count). The van der Waals surface area contributed by atoms with E-state index in [9.17, 15) is 18.0 Å². The number of aliphatic carboxylic acids is 1. The van der Waals surface area contributed by atoms with Crippen molar-refractivity contribution in [2.45, 2.75) is 60.8 Å². The van der Waals surface area contributed by atoms with Crippen LogP contribution in [-0.2, 0) is 24.8 Å². The summed E-state index contributed by atoms with van der Waals surface area (Å²) in [6.45, 7) is 1.37. The fourth-order valence-corrected chi connectivity index (χ4v) is 6.33. The zero-order valence-electron chi connectivity index (χ0n) is 16.2. The van der Waals surface area contributed by atoms with E-state index in [2.05, 4.69) is 9.97 Å². The van der Waals surface area contributed by atoms with Crippen molar-refractivity contribution in [3.8, 4) is 0 Å². The molecule has 0 unspecified atom stereocenters. The summed E-state index contributed by atoms with van der Waals surface area (Å²) in [7, 11) is -3.64. The molecule has 1 amide bonds. The molecule has 9 nitrogen and oxygen atoms in total. The molecule has 3 heterocycles. The van der Waals surface area contributed by atoms with Gasteiger partial charge in [-0.05, 0) is 25.7 Å². The molecule has 1 N–H and O–H groups in total. The first kappa shape index (κ1) is 20.2. The Morgan fingerprint density at radius 3 is 2.62 bits per heavy atom. The third kappa shape index (κ3) is 3.63. The molecule has 1 aliphatic carbocycles. The molecule has 1 saturated carbocycles. The lowest BCUT2D eigenvalue weighted by molar-refractivity contribution is -0.137. The van der Waals surface area contributed by atoms with Crippen molar-refractivity contribution >= 4 is 21.7 Å². The second kappa shape index (κ2) is 7.64. The number of nitrogens with zero attached hydrogens (tertiary/aromatic N) is 3. The molecule has 1 aromatic heterocycles. The van der Waals surface area contributed by atoms with Gasteiger partial charge in [0.25, 0.3) is 5.91 Å². The number of carbonyl (C=O) groups is 2. The Labute approximate surface area is 169 Å². The Hall–Kier alpha value is -2.07. The Morgan fingerprint density at radius 2 is 1.97 bits per heavy atom. The Balaban J connectivity index is 1.75. The lowest BCUT2D eigenvalue weighted by Crippen LogP contribution is -2.53. The van der Waals surface area contributed by atoms with Crippen LogP contribution in [0.3, 0.4) is 0 Å². The zero-order chi connectivity index (χ0) is 20.6. The molecule has 1 spiro atoms. The molecule has 29 heavy (non-hydrogen) atoms. The fourth-order valence-electron chi connectivity index (χ4n) is 4.66. The monoisotopic (exact) mass is 423 g/mol. The van der Waals surface area contributed by atoms with E-state index in [0.717, 1.165) is 12.8 Å². The van der Waals surface area contributed by atoms with Crippen LogP contribution < -0.4 is 0 Å². The minimum absolute atomic E-state index is 0.0956. The van der Waals surface area contributed by atoms with Crippen LogP contribution in [0.5, 0.6) is 0 Å². The van der Waals surface area contributed by atoms with Gasteiger partial charge in [0.05, 0.1) is 22.9 Å². The number of carbonyl (C=O) groups excluding carboxylic acids is 1. The third-order valence-electron chi connectivity index (χ3n) is 6.32. The van der Waals surface area contributed by atoms with Crippen molar-refractivity contribution < 1.29 is 27.9 Å². The lowest BCUT2D eigenvalue weighted by Gasteiger charge is -2.44. The maximum Gasteiger partial charge on any atom is 0.305 e. The summed E-state index contributed by atoms with van der Waals surface area (Å²) in [4.78, 5) is 34.0. The van der Waals surface area contributed by atoms with Gasteiger partial charge in [0.1, 0.15) is 0 Å². The second-order valence-electron chi connectivity index (χ2n) is 8.13. The highest BCUT2D eigenvalue weighted by atomic mass is 32.2. The van der Waals surface area contributed by atoms with Crippen LogP contribution in [0.2, 0.25) is 0 Å². The van der Waals surface area contributed by atoms with Gasteiger partial charge in [-0.15, -0.1) is 0 Å². The highest BCUT2D eigenvalue weighted by Crippen LogP contribution is 2.41. The number of carboxylic acid groups (broad SMARTS) is 1. The first-order valence-electron chi connectivity index (χ1n) is 10.0. The highest BCUT2D eigenvalue weighted by molar-refractivity contribution is 7.91. The van der Waals surface area contributed by atoms with Crippen molar-refractivity contribution in [2.75, 3.05) is 26.3 Å². The molecule has 0 bridgehead atoms. The molecule has 158 valence electrons. The molecule has 2 fully saturated rings. The summed E-state index contributed by atoms with van der Waals surface area (Å²) in [5.41, 5.74) is 0.209. The van der Waals surface area contributed by atoms with Crippen molar-refractivity contribution in [3.05, 3.63) is 17.5 Å². The topological polar surface area (TPSA) is 127 Å². The van der Waals surface area contributed by atoms with Gasteiger partial charge < -0.3 is 14.7 Å². The summed E-state index contributed by atoms with van der Waals surface area (Å²) in [5, 5.41) is 8.35. The summed E-state index contributed by atoms with van der Waals surface area (Å²) < 4.78 is 31.5. The Bertz CT molecular complexity index is 920. The van der Waals surface area contributed by atoms with E-state index in [1.54, 1.807) is 0 Å². The van der Waals surface area contributed by atoms with Crippen molar-refractivity contribution in [3.63, 3.8) is 0 Å². The van der Waals surface area contributed by atoms with E-state index in [4.69, 9.17) is 9.84 Å². The van der Waals surface area contributed by atoms with E-state index in [-0.39, 0.29) is 29.6 Å². The van der Waals surface area contributed by atoms with Crippen molar-refractivity contribution in [1.82, 2.24) is 14.9 Å². The first-order valence-corrected chi connectivity index (χ1v) is 11.6. The highest BCUT2D eigenvalue weighted by Gasteiger charge is 2.46. The van der Waals surface area contributed by atoms with Gasteiger partial charge in [-0.2, -0.15) is 0 Å². The molecular weight excluding hydrogens is 398 g/mol. The molecule has 3 aliphatic rings. The van der Waals surface area contributed by atoms with E-state index in [1.165, 1.54) is 11.1 Å². The predicted molar refractivity (Wildman–Crippen MR) is 101 cm³/mol. The molecule has 10 heteroatoms. The number of rotatable bonds is 5. The molecule has 1 aromatic rings. The summed E-state index contributed by atoms with van der Waals surface area (Å²) in [5.74, 6) is -1.32. The number of sulfone groups is 1. The summed E-state index contributed by atoms with van der Waals surface area (Å²) in [6, 6.07) is 0. The lowest BCUT2D eigenvalue weighted by atomic mass is 9.73. The fraction of sp³-hybridized carbons (Fsp3) is 0.684. The van der Waals surface area contributed by atoms with E-state index >= 15 is 0 Å². The van der Waals surface area contributed by atoms with Gasteiger partial charge >= 0.3 is 5.97 Å². The van der Waals surface area contributed by atoms with Crippen LogP contribution in [0.15, 0.2) is 11.4 Å². The van der Waals surface area contributed by atoms with Gasteiger partial charge in [-0.25, -0.2) is 18.4 Å². The molecule has 1 saturated heterocycles. The van der Waals surface area contributed by atoms with Crippen LogP contribution in [0.4, 0.5) is 0 Å². The Morgan fingerprint density at radius 1 is 1.28 bits per heavy atom. The van der Waals surface area contributed by atoms with Crippen LogP contribution in [0.25, 0.3) is 0 Å². The van der Waals surface area contributed by atoms with Crippen LogP contribution in [-0.4, -0.2) is 71.8 Å². The van der Waals surface area contributed by atoms with Gasteiger partial charge in [0.15, 0.2) is 0 Å². The summed E-state index contributed by atoms with van der Waals surface area (Å²) >= 11 is 0. The molecule has 0 radical (unpaired) electrons. The molecular formula is C19H25N3O6S. The molecule has 2 aliphatic heterocycles. The van der Waals surface area contributed by atoms with Crippen molar-refractivity contribution in [2.24, 2.45) is 0 Å². The van der Waals surface area contributed by atoms with Crippen LogP contribution in [0.1, 0.15) is 61.0 Å². The summed E-state index contributed by atoms with van der Waals surface area (Å²) in [6.07, 6.45) is 5.35. The van der Waals surface area contributed by atoms with E-state index in [1.807, 2.05) is 0 Å².